The van der Waals surface area contributed by atoms with Crippen LogP contribution in [0.15, 0.2) is 24.3 Å². The molecular weight excluding hydrogens is 364 g/mol. The molecule has 0 radical (unpaired) electrons. The highest BCUT2D eigenvalue weighted by atomic mass is 16.2. The summed E-state index contributed by atoms with van der Waals surface area (Å²) in [5.74, 6) is 2.41. The molecular formula is C23H30N4O2. The minimum absolute atomic E-state index is 0.00255. The van der Waals surface area contributed by atoms with Crippen molar-refractivity contribution in [2.75, 3.05) is 5.32 Å². The molecule has 4 fully saturated rings. The molecule has 0 aliphatic heterocycles. The molecule has 2 amide bonds. The number of nitrogens with one attached hydrogen (secondary N) is 3. The van der Waals surface area contributed by atoms with Crippen LogP contribution in [0.3, 0.4) is 0 Å². The second-order valence-corrected chi connectivity index (χ2v) is 9.98. The van der Waals surface area contributed by atoms with Crippen molar-refractivity contribution >= 4 is 28.8 Å². The quantitative estimate of drug-likeness (QED) is 0.720. The predicted molar refractivity (Wildman–Crippen MR) is 112 cm³/mol. The average Bonchev–Trinajstić information content (AvgIpc) is 3.06. The maximum absolute atomic E-state index is 13.4. The number of hydrogen-bond donors (Lipinski definition) is 3. The molecule has 0 saturated heterocycles. The lowest BCUT2D eigenvalue weighted by Gasteiger charge is -2.55. The molecule has 1 atom stereocenters. The third-order valence-electron chi connectivity index (χ3n) is 7.39. The summed E-state index contributed by atoms with van der Waals surface area (Å²) in [6, 6.07) is 7.10. The molecule has 6 nitrogen and oxygen atoms in total. The second kappa shape index (κ2) is 6.85. The first-order chi connectivity index (χ1) is 13.9. The Balaban J connectivity index is 1.31. The number of aromatic nitrogens is 2. The highest BCUT2D eigenvalue weighted by molar-refractivity contribution is 5.98. The van der Waals surface area contributed by atoms with Gasteiger partial charge in [0.15, 0.2) is 0 Å². The largest absolute Gasteiger partial charge is 0.344 e. The molecule has 3 N–H and O–H groups in total. The molecule has 4 saturated carbocycles. The lowest BCUT2D eigenvalue weighted by molar-refractivity contribution is -0.148. The number of rotatable bonds is 5. The zero-order valence-electron chi connectivity index (χ0n) is 17.2. The highest BCUT2D eigenvalue weighted by Gasteiger charge is 2.55. The van der Waals surface area contributed by atoms with Gasteiger partial charge in [-0.1, -0.05) is 26.0 Å². The summed E-state index contributed by atoms with van der Waals surface area (Å²) in [6.45, 7) is 3.95. The van der Waals surface area contributed by atoms with Crippen LogP contribution in [0.25, 0.3) is 11.0 Å². The van der Waals surface area contributed by atoms with Gasteiger partial charge < -0.3 is 10.3 Å². The number of H-pyrrole nitrogens is 1. The van der Waals surface area contributed by atoms with Crippen molar-refractivity contribution in [2.24, 2.45) is 29.1 Å². The van der Waals surface area contributed by atoms with E-state index in [4.69, 9.17) is 0 Å². The van der Waals surface area contributed by atoms with Crippen molar-refractivity contribution in [3.05, 3.63) is 24.3 Å². The lowest BCUT2D eigenvalue weighted by atomic mass is 9.49. The maximum atomic E-state index is 13.4. The molecule has 4 aliphatic rings. The van der Waals surface area contributed by atoms with Gasteiger partial charge in [-0.2, -0.15) is 0 Å². The molecule has 4 aliphatic carbocycles. The van der Waals surface area contributed by atoms with Crippen molar-refractivity contribution in [1.29, 1.82) is 0 Å². The van der Waals surface area contributed by atoms with Crippen LogP contribution in [-0.2, 0) is 9.59 Å². The third-order valence-corrected chi connectivity index (χ3v) is 7.39. The average molecular weight is 395 g/mol. The predicted octanol–water partition coefficient (Wildman–Crippen LogP) is 3.86. The number of hydrogen-bond acceptors (Lipinski definition) is 3. The van der Waals surface area contributed by atoms with E-state index in [1.165, 1.54) is 19.3 Å². The van der Waals surface area contributed by atoms with E-state index < -0.39 is 6.04 Å². The number of imidazole rings is 1. The minimum atomic E-state index is -0.566. The molecule has 2 aromatic rings. The summed E-state index contributed by atoms with van der Waals surface area (Å²) in [5, 5.41) is 6.01. The standard InChI is InChI=1S/C23H30N4O2/c1-13(2)19(20(28)27-22-24-17-5-3-4-6-18(17)25-22)26-21(29)23-10-14-7-15(11-23)9-16(8-14)12-23/h3-6,13-16,19H,7-12H2,1-2H3,(H,26,29)(H2,24,25,27,28)/t14?,15?,16?,19-,23?/m1/s1. The summed E-state index contributed by atoms with van der Waals surface area (Å²) < 4.78 is 0. The van der Waals surface area contributed by atoms with Crippen LogP contribution >= 0.6 is 0 Å². The zero-order chi connectivity index (χ0) is 20.2. The molecule has 0 unspecified atom stereocenters. The summed E-state index contributed by atoms with van der Waals surface area (Å²) in [5.41, 5.74) is 1.43. The molecule has 1 heterocycles. The van der Waals surface area contributed by atoms with E-state index >= 15 is 0 Å². The van der Waals surface area contributed by atoms with E-state index in [9.17, 15) is 9.59 Å². The van der Waals surface area contributed by atoms with Crippen LogP contribution in [0.1, 0.15) is 52.4 Å². The lowest BCUT2D eigenvalue weighted by Crippen LogP contribution is -2.57. The Kier molecular flexibility index (Phi) is 4.41. The molecule has 1 aromatic heterocycles. The van der Waals surface area contributed by atoms with Crippen LogP contribution in [0.5, 0.6) is 0 Å². The minimum Gasteiger partial charge on any atom is -0.344 e. The fourth-order valence-electron chi connectivity index (χ4n) is 6.42. The van der Waals surface area contributed by atoms with Gasteiger partial charge in [0, 0.05) is 5.41 Å². The highest BCUT2D eigenvalue weighted by Crippen LogP contribution is 2.60. The SMILES string of the molecule is CC(C)[C@@H](NC(=O)C12CC3CC(CC(C3)C1)C2)C(=O)Nc1nc2ccccc2[nH]1. The Morgan fingerprint density at radius 3 is 2.28 bits per heavy atom. The van der Waals surface area contributed by atoms with Gasteiger partial charge in [0.1, 0.15) is 6.04 Å². The third kappa shape index (κ3) is 3.32. The van der Waals surface area contributed by atoms with E-state index in [-0.39, 0.29) is 23.1 Å². The number of benzene rings is 1. The molecule has 1 aromatic carbocycles. The van der Waals surface area contributed by atoms with Crippen molar-refractivity contribution < 1.29 is 9.59 Å². The van der Waals surface area contributed by atoms with Crippen LogP contribution in [0.4, 0.5) is 5.95 Å². The zero-order valence-corrected chi connectivity index (χ0v) is 17.2. The molecule has 6 heteroatoms. The summed E-state index contributed by atoms with van der Waals surface area (Å²) in [6.07, 6.45) is 6.90. The first-order valence-corrected chi connectivity index (χ1v) is 11.0. The number of nitrogens with zero attached hydrogens (tertiary/aromatic N) is 1. The topological polar surface area (TPSA) is 86.9 Å². The fraction of sp³-hybridized carbons (Fsp3) is 0.609. The van der Waals surface area contributed by atoms with E-state index in [0.29, 0.717) is 23.7 Å². The molecule has 154 valence electrons. The van der Waals surface area contributed by atoms with Crippen molar-refractivity contribution in [3.63, 3.8) is 0 Å². The maximum Gasteiger partial charge on any atom is 0.249 e. The van der Waals surface area contributed by atoms with E-state index in [0.717, 1.165) is 30.3 Å². The van der Waals surface area contributed by atoms with Gasteiger partial charge >= 0.3 is 0 Å². The van der Waals surface area contributed by atoms with Gasteiger partial charge in [0.2, 0.25) is 17.8 Å². The summed E-state index contributed by atoms with van der Waals surface area (Å²) >= 11 is 0. The van der Waals surface area contributed by atoms with Gasteiger partial charge in [-0.05, 0) is 74.3 Å². The van der Waals surface area contributed by atoms with Crippen molar-refractivity contribution in [1.82, 2.24) is 15.3 Å². The van der Waals surface area contributed by atoms with Gasteiger partial charge in [0.05, 0.1) is 11.0 Å². The molecule has 29 heavy (non-hydrogen) atoms. The molecule has 0 spiro atoms. The Morgan fingerprint density at radius 2 is 1.69 bits per heavy atom. The van der Waals surface area contributed by atoms with E-state index in [1.54, 1.807) is 0 Å². The van der Waals surface area contributed by atoms with Gasteiger partial charge in [0.25, 0.3) is 0 Å². The summed E-state index contributed by atoms with van der Waals surface area (Å²) in [7, 11) is 0. The number of carbonyl (C=O) groups excluding carboxylic acids is 2. The fourth-order valence-corrected chi connectivity index (χ4v) is 6.42. The normalized spacial score (nSPS) is 31.2. The number of anilines is 1. The second-order valence-electron chi connectivity index (χ2n) is 9.98. The first-order valence-electron chi connectivity index (χ1n) is 11.0. The Morgan fingerprint density at radius 1 is 1.07 bits per heavy atom. The van der Waals surface area contributed by atoms with Gasteiger partial charge in [-0.15, -0.1) is 0 Å². The number of carbonyl (C=O) groups is 2. The molecule has 4 bridgehead atoms. The number of fused-ring (bicyclic) bond motifs is 1. The first kappa shape index (κ1) is 18.6. The van der Waals surface area contributed by atoms with E-state index in [1.807, 2.05) is 38.1 Å². The Bertz CT molecular complexity index is 879. The monoisotopic (exact) mass is 394 g/mol. The smallest absolute Gasteiger partial charge is 0.249 e. The van der Waals surface area contributed by atoms with Crippen LogP contribution in [0, 0.1) is 29.1 Å². The van der Waals surface area contributed by atoms with Crippen LogP contribution in [-0.4, -0.2) is 27.8 Å². The Hall–Kier alpha value is -2.37. The van der Waals surface area contributed by atoms with Crippen molar-refractivity contribution in [3.8, 4) is 0 Å². The van der Waals surface area contributed by atoms with Crippen LogP contribution < -0.4 is 10.6 Å². The van der Waals surface area contributed by atoms with Crippen LogP contribution in [0.2, 0.25) is 0 Å². The number of aromatic amines is 1. The molecule has 6 rings (SSSR count). The number of para-hydroxylation sites is 2. The van der Waals surface area contributed by atoms with E-state index in [2.05, 4.69) is 20.6 Å². The van der Waals surface area contributed by atoms with Gasteiger partial charge in [-0.25, -0.2) is 4.98 Å². The van der Waals surface area contributed by atoms with Gasteiger partial charge in [-0.3, -0.25) is 14.9 Å². The van der Waals surface area contributed by atoms with Crippen molar-refractivity contribution in [2.45, 2.75) is 58.4 Å². The Labute approximate surface area is 171 Å². The summed E-state index contributed by atoms with van der Waals surface area (Å²) in [4.78, 5) is 34.0. The number of amides is 2.